The molecule has 0 aliphatic rings. The molecule has 0 aliphatic heterocycles. The zero-order valence-electron chi connectivity index (χ0n) is 16.7. The maximum Gasteiger partial charge on any atom is 0.239 e. The lowest BCUT2D eigenvalue weighted by molar-refractivity contribution is -0.138. The van der Waals surface area contributed by atoms with Gasteiger partial charge in [-0.25, -0.2) is 0 Å². The Hall–Kier alpha value is -2.82. The van der Waals surface area contributed by atoms with Crippen LogP contribution < -0.4 is 15.4 Å². The van der Waals surface area contributed by atoms with E-state index >= 15 is 0 Å². The Balaban J connectivity index is 1.92. The number of anilines is 1. The lowest BCUT2D eigenvalue weighted by Crippen LogP contribution is -2.45. The van der Waals surface area contributed by atoms with Crippen LogP contribution in [0.15, 0.2) is 42.5 Å². The van der Waals surface area contributed by atoms with Gasteiger partial charge in [0.05, 0.1) is 7.11 Å². The Labute approximate surface area is 161 Å². The highest BCUT2D eigenvalue weighted by Gasteiger charge is 2.36. The van der Waals surface area contributed by atoms with E-state index in [0.717, 1.165) is 28.1 Å². The van der Waals surface area contributed by atoms with Gasteiger partial charge < -0.3 is 15.4 Å². The molecule has 2 rings (SSSR count). The molecule has 0 unspecified atom stereocenters. The van der Waals surface area contributed by atoms with Crippen molar-refractivity contribution in [3.63, 3.8) is 0 Å². The van der Waals surface area contributed by atoms with E-state index in [-0.39, 0.29) is 11.8 Å². The molecule has 0 bridgehead atoms. The normalized spacial score (nSPS) is 11.0. The second-order valence-corrected chi connectivity index (χ2v) is 7.25. The van der Waals surface area contributed by atoms with Crippen LogP contribution in [0.3, 0.4) is 0 Å². The molecule has 27 heavy (non-hydrogen) atoms. The second kappa shape index (κ2) is 8.71. The summed E-state index contributed by atoms with van der Waals surface area (Å²) in [5.74, 6) is 0.184. The van der Waals surface area contributed by atoms with E-state index in [2.05, 4.69) is 10.6 Å². The van der Waals surface area contributed by atoms with E-state index < -0.39 is 5.41 Å². The van der Waals surface area contributed by atoms with Crippen LogP contribution in [0.5, 0.6) is 5.75 Å². The van der Waals surface area contributed by atoms with E-state index in [1.54, 1.807) is 21.0 Å². The minimum absolute atomic E-state index is 0.293. The molecular formula is C22H28N2O3. The summed E-state index contributed by atoms with van der Waals surface area (Å²) < 4.78 is 5.13. The first-order chi connectivity index (χ1) is 12.7. The highest BCUT2D eigenvalue weighted by atomic mass is 16.5. The predicted octanol–water partition coefficient (Wildman–Crippen LogP) is 3.64. The number of rotatable bonds is 7. The van der Waals surface area contributed by atoms with E-state index in [1.807, 2.05) is 56.3 Å². The van der Waals surface area contributed by atoms with Crippen LogP contribution in [-0.2, 0) is 16.0 Å². The van der Waals surface area contributed by atoms with E-state index in [1.165, 1.54) is 0 Å². The third-order valence-corrected chi connectivity index (χ3v) is 4.63. The largest absolute Gasteiger partial charge is 0.497 e. The molecule has 2 N–H and O–H groups in total. The summed E-state index contributed by atoms with van der Waals surface area (Å²) in [6.07, 6.45) is 0.685. The number of aryl methyl sites for hydroxylation is 2. The quantitative estimate of drug-likeness (QED) is 0.733. The van der Waals surface area contributed by atoms with Gasteiger partial charge in [-0.1, -0.05) is 24.3 Å². The predicted molar refractivity (Wildman–Crippen MR) is 108 cm³/mol. The van der Waals surface area contributed by atoms with Gasteiger partial charge in [0, 0.05) is 12.2 Å². The van der Waals surface area contributed by atoms with Crippen molar-refractivity contribution < 1.29 is 14.3 Å². The van der Waals surface area contributed by atoms with Gasteiger partial charge in [-0.2, -0.15) is 0 Å². The molecule has 0 fully saturated rings. The first-order valence-corrected chi connectivity index (χ1v) is 9.04. The average molecular weight is 368 g/mol. The Morgan fingerprint density at radius 1 is 1.00 bits per heavy atom. The number of ether oxygens (including phenoxy) is 1. The van der Waals surface area contributed by atoms with Crippen molar-refractivity contribution in [3.8, 4) is 5.75 Å². The summed E-state index contributed by atoms with van der Waals surface area (Å²) in [6, 6.07) is 13.5. The van der Waals surface area contributed by atoms with E-state index in [4.69, 9.17) is 4.74 Å². The van der Waals surface area contributed by atoms with Crippen molar-refractivity contribution in [2.24, 2.45) is 5.41 Å². The number of hydrogen-bond donors (Lipinski definition) is 2. The van der Waals surface area contributed by atoms with Crippen LogP contribution in [-0.4, -0.2) is 25.5 Å². The summed E-state index contributed by atoms with van der Waals surface area (Å²) >= 11 is 0. The first kappa shape index (κ1) is 20.5. The summed E-state index contributed by atoms with van der Waals surface area (Å²) in [7, 11) is 1.63. The van der Waals surface area contributed by atoms with Crippen LogP contribution in [0.4, 0.5) is 5.69 Å². The van der Waals surface area contributed by atoms with Crippen molar-refractivity contribution in [2.75, 3.05) is 19.0 Å². The molecule has 2 aromatic rings. The molecule has 2 amide bonds. The molecule has 0 heterocycles. The maximum absolute atomic E-state index is 12.7. The zero-order valence-corrected chi connectivity index (χ0v) is 16.7. The zero-order chi connectivity index (χ0) is 20.0. The Bertz CT molecular complexity index is 811. The molecule has 0 aliphatic carbocycles. The number of nitrogens with one attached hydrogen (secondary N) is 2. The second-order valence-electron chi connectivity index (χ2n) is 7.25. The molecule has 0 saturated heterocycles. The number of hydrogen-bond acceptors (Lipinski definition) is 3. The third-order valence-electron chi connectivity index (χ3n) is 4.63. The standard InChI is InChI=1S/C22H28N2O3/c1-15-6-7-16(2)19(14-15)24-21(26)22(3,4)20(25)23-13-12-17-8-10-18(27-5)11-9-17/h6-11,14H,12-13H2,1-5H3,(H,23,25)(H,24,26). The van der Waals surface area contributed by atoms with Gasteiger partial charge in [-0.3, -0.25) is 9.59 Å². The fraction of sp³-hybridized carbons (Fsp3) is 0.364. The fourth-order valence-corrected chi connectivity index (χ4v) is 2.59. The van der Waals surface area contributed by atoms with Crippen LogP contribution >= 0.6 is 0 Å². The summed E-state index contributed by atoms with van der Waals surface area (Å²) in [5.41, 5.74) is 2.67. The molecule has 0 radical (unpaired) electrons. The molecule has 5 heteroatoms. The Kier molecular flexibility index (Phi) is 6.61. The highest BCUT2D eigenvalue weighted by molar-refractivity contribution is 6.10. The Morgan fingerprint density at radius 3 is 2.30 bits per heavy atom. The van der Waals surface area contributed by atoms with Gasteiger partial charge in [0.25, 0.3) is 0 Å². The van der Waals surface area contributed by atoms with Gasteiger partial charge >= 0.3 is 0 Å². The third kappa shape index (κ3) is 5.33. The monoisotopic (exact) mass is 368 g/mol. The molecule has 0 atom stereocenters. The SMILES string of the molecule is COc1ccc(CCNC(=O)C(C)(C)C(=O)Nc2cc(C)ccc2C)cc1. The molecule has 2 aromatic carbocycles. The molecule has 0 saturated carbocycles. The lowest BCUT2D eigenvalue weighted by atomic mass is 9.90. The number of carbonyl (C=O) groups is 2. The molecule has 0 aromatic heterocycles. The average Bonchev–Trinajstić information content (AvgIpc) is 2.65. The van der Waals surface area contributed by atoms with Crippen molar-refractivity contribution in [1.82, 2.24) is 5.32 Å². The van der Waals surface area contributed by atoms with Crippen molar-refractivity contribution >= 4 is 17.5 Å². The maximum atomic E-state index is 12.7. The van der Waals surface area contributed by atoms with Gasteiger partial charge in [0.2, 0.25) is 11.8 Å². The van der Waals surface area contributed by atoms with Gasteiger partial charge in [0.15, 0.2) is 0 Å². The fourth-order valence-electron chi connectivity index (χ4n) is 2.59. The number of carbonyl (C=O) groups excluding carboxylic acids is 2. The van der Waals surface area contributed by atoms with E-state index in [0.29, 0.717) is 13.0 Å². The smallest absolute Gasteiger partial charge is 0.239 e. The van der Waals surface area contributed by atoms with Crippen molar-refractivity contribution in [2.45, 2.75) is 34.1 Å². The minimum Gasteiger partial charge on any atom is -0.497 e. The molecule has 0 spiro atoms. The number of amides is 2. The van der Waals surface area contributed by atoms with E-state index in [9.17, 15) is 9.59 Å². The summed E-state index contributed by atoms with van der Waals surface area (Å²) in [4.78, 5) is 25.2. The first-order valence-electron chi connectivity index (χ1n) is 9.04. The minimum atomic E-state index is -1.17. The van der Waals surface area contributed by atoms with Crippen molar-refractivity contribution in [3.05, 3.63) is 59.2 Å². The number of benzene rings is 2. The van der Waals surface area contributed by atoms with Crippen LogP contribution in [0.1, 0.15) is 30.5 Å². The topological polar surface area (TPSA) is 67.4 Å². The Morgan fingerprint density at radius 2 is 1.67 bits per heavy atom. The summed E-state index contributed by atoms with van der Waals surface area (Å²) in [5, 5.41) is 5.74. The van der Waals surface area contributed by atoms with Crippen molar-refractivity contribution in [1.29, 1.82) is 0 Å². The van der Waals surface area contributed by atoms with Crippen LogP contribution in [0.2, 0.25) is 0 Å². The van der Waals surface area contributed by atoms with Crippen LogP contribution in [0.25, 0.3) is 0 Å². The van der Waals surface area contributed by atoms with Gasteiger partial charge in [0.1, 0.15) is 11.2 Å². The van der Waals surface area contributed by atoms with Crippen LogP contribution in [0, 0.1) is 19.3 Å². The van der Waals surface area contributed by atoms with Gasteiger partial charge in [-0.05, 0) is 69.0 Å². The van der Waals surface area contributed by atoms with Gasteiger partial charge in [-0.15, -0.1) is 0 Å². The molecule has 5 nitrogen and oxygen atoms in total. The highest BCUT2D eigenvalue weighted by Crippen LogP contribution is 2.22. The molecular weight excluding hydrogens is 340 g/mol. The molecule has 144 valence electrons. The summed E-state index contributed by atoms with van der Waals surface area (Å²) in [6.45, 7) is 7.63. The number of methoxy groups -OCH3 is 1. The lowest BCUT2D eigenvalue weighted by Gasteiger charge is -2.23.